The highest BCUT2D eigenvalue weighted by Crippen LogP contribution is 2.21. The van der Waals surface area contributed by atoms with E-state index in [1.807, 2.05) is 95.1 Å². The summed E-state index contributed by atoms with van der Waals surface area (Å²) in [5.74, 6) is 13.5. The van der Waals surface area contributed by atoms with E-state index in [-0.39, 0.29) is 24.5 Å². The number of carboxylic acid groups (broad SMARTS) is 2. The summed E-state index contributed by atoms with van der Waals surface area (Å²) < 4.78 is 16.6. The predicted octanol–water partition coefficient (Wildman–Crippen LogP) is 26.0. The maximum Gasteiger partial charge on any atom is 0.381 e. The topological polar surface area (TPSA) is 102 Å². The van der Waals surface area contributed by atoms with Crippen LogP contribution in [0.5, 0.6) is 0 Å². The lowest BCUT2D eigenvalue weighted by molar-refractivity contribution is -0.132. The van der Waals surface area contributed by atoms with Gasteiger partial charge in [-0.3, -0.25) is 0 Å². The third kappa shape index (κ3) is 89.6. The van der Waals surface area contributed by atoms with Gasteiger partial charge in [0.05, 0.1) is 36.1 Å². The van der Waals surface area contributed by atoms with Crippen molar-refractivity contribution in [3.63, 3.8) is 0 Å². The minimum Gasteiger partial charge on any atom is -0.478 e. The molecule has 0 radical (unpaired) electrons. The molecule has 0 aliphatic rings. The first-order chi connectivity index (χ1) is 41.0. The minimum absolute atomic E-state index is 0. The zero-order chi connectivity index (χ0) is 73.3. The number of carbonyl (C=O) groups is 2. The molecule has 0 aliphatic carbocycles. The van der Waals surface area contributed by atoms with Gasteiger partial charge in [0.2, 0.25) is 0 Å². The van der Waals surface area contributed by atoms with Crippen molar-refractivity contribution >= 4 is 11.9 Å². The molecule has 0 fully saturated rings. The van der Waals surface area contributed by atoms with E-state index in [1.54, 1.807) is 11.1 Å². The van der Waals surface area contributed by atoms with Gasteiger partial charge in [-0.1, -0.05) is 259 Å². The molecular weight excluding hydrogens is 1120 g/mol. The van der Waals surface area contributed by atoms with Crippen LogP contribution >= 0.6 is 0 Å². The molecule has 91 heavy (non-hydrogen) atoms. The Morgan fingerprint density at radius 1 is 0.571 bits per heavy atom. The van der Waals surface area contributed by atoms with E-state index in [0.717, 1.165) is 42.8 Å². The molecule has 7 heteroatoms. The first-order valence-electron chi connectivity index (χ1n) is 34.1. The van der Waals surface area contributed by atoms with Gasteiger partial charge in [-0.05, 0) is 190 Å². The largest absolute Gasteiger partial charge is 0.478 e. The van der Waals surface area contributed by atoms with E-state index in [4.69, 9.17) is 24.4 Å². The maximum atomic E-state index is 10.3. The molecule has 7 nitrogen and oxygen atoms in total. The molecule has 0 aromatic heterocycles. The molecule has 1 aromatic rings. The van der Waals surface area contributed by atoms with E-state index in [1.165, 1.54) is 40.3 Å². The van der Waals surface area contributed by atoms with Gasteiger partial charge in [-0.15, -0.1) is 11.8 Å². The molecule has 0 aliphatic heterocycles. The molecule has 2 N–H and O–H groups in total. The lowest BCUT2D eigenvalue weighted by Gasteiger charge is -2.24. The number of allylic oxidation sites excluding steroid dienone is 9. The summed E-state index contributed by atoms with van der Waals surface area (Å²) in [5, 5.41) is 16.5. The highest BCUT2D eigenvalue weighted by Gasteiger charge is 2.16. The molecule has 1 aromatic carbocycles. The van der Waals surface area contributed by atoms with E-state index in [2.05, 4.69) is 266 Å². The van der Waals surface area contributed by atoms with E-state index in [0.29, 0.717) is 47.9 Å². The lowest BCUT2D eigenvalue weighted by Crippen LogP contribution is -2.25. The van der Waals surface area contributed by atoms with Crippen LogP contribution in [0.15, 0.2) is 107 Å². The zero-order valence-electron chi connectivity index (χ0n) is 66.8. The Bertz CT molecular complexity index is 2190. The predicted molar refractivity (Wildman–Crippen MR) is 413 cm³/mol. The first-order valence-corrected chi connectivity index (χ1v) is 34.1. The number of hydrogen-bond acceptors (Lipinski definition) is 5. The second-order valence-corrected chi connectivity index (χ2v) is 27.3. The fraction of sp³-hybridized carbons (Fsp3) is 0.690. The van der Waals surface area contributed by atoms with Gasteiger partial charge < -0.3 is 24.4 Å². The number of aryl methyl sites for hydroxylation is 1. The Morgan fingerprint density at radius 2 is 1.00 bits per heavy atom. The van der Waals surface area contributed by atoms with Gasteiger partial charge in [0, 0.05) is 30.3 Å². The van der Waals surface area contributed by atoms with E-state index < -0.39 is 11.9 Å². The fourth-order valence-electron chi connectivity index (χ4n) is 8.34. The number of ether oxygens (including phenoxy) is 3. The van der Waals surface area contributed by atoms with Crippen LogP contribution in [-0.4, -0.2) is 58.3 Å². The van der Waals surface area contributed by atoms with Crippen LogP contribution in [0.1, 0.15) is 307 Å². The molecule has 0 spiro atoms. The molecule has 1 rings (SSSR count). The highest BCUT2D eigenvalue weighted by atomic mass is 16.5. The number of aliphatic carboxylic acids is 2. The standard InChI is InChI=1S/C10H20O.C10H14.C9H16O2.C9H18O.C9H18.C8H16O.C8H16.C7H14.C7H12.C6H8O2.CH4/c1-8(2)7-10(5,6)11-9(3)4;1-8(2)10-7-5-4-6-9(10)3;1-6(2)8(7(3)4)5-9(10)11;1-6-7-9(4,5)10-8(2)3;1-6-9(7(2)3)8(4)5;1-5-8(4)6-9-7(2)3;1-5-8(6-2)7(3)4;1-5-7(4)6(2)3;1-4-5-6-7(2)3;1-5(2)3-4-6(7)8;/h7,9H,1-6H3;4-8H,1-3H3;5-7H,1-4H3,(H,10,11);6-8H,1-5H3;6-8H,1-5H3;5,7H,6H2,1-4H3;5,7H,6H2,1-4H3;6H,4-5H2,1-3H3;7H,4H2,1-3H3;5H,1-2H3,(H,7,8);1H4/b;;;7-6+;;2*8-5+;;;;. The summed E-state index contributed by atoms with van der Waals surface area (Å²) >= 11 is 0. The van der Waals surface area contributed by atoms with Gasteiger partial charge >= 0.3 is 11.9 Å². The van der Waals surface area contributed by atoms with Gasteiger partial charge in [0.15, 0.2) is 0 Å². The van der Waals surface area contributed by atoms with Crippen molar-refractivity contribution < 1.29 is 34.0 Å². The fourth-order valence-corrected chi connectivity index (χ4v) is 8.34. The second-order valence-electron chi connectivity index (χ2n) is 27.3. The van der Waals surface area contributed by atoms with Crippen molar-refractivity contribution in [3.05, 3.63) is 118 Å². The van der Waals surface area contributed by atoms with E-state index in [9.17, 15) is 9.59 Å². The molecule has 0 saturated heterocycles. The summed E-state index contributed by atoms with van der Waals surface area (Å²) in [6.45, 7) is 86.5. The van der Waals surface area contributed by atoms with E-state index >= 15 is 0 Å². The SMILES string of the molecule is C.C/C=C(\C)COC(C)C.C/C=C(\CC)C(C)C.C/C=C/C(C)(C)OC(C)C.C=C(CC)C(C)C.CC(C)=CC(C)(C)OC(C)C.CC(C)C#CC(=O)O.CC(C)C(=CC(=O)O)C(C)C.CC=C(C(C)C)C(C)C.CCC#CC(C)C.Cc1ccccc1C(C)C. The second kappa shape index (κ2) is 66.8. The van der Waals surface area contributed by atoms with Gasteiger partial charge in [-0.25, -0.2) is 9.59 Å². The van der Waals surface area contributed by atoms with Gasteiger partial charge in [0.25, 0.3) is 0 Å². The Kier molecular flexibility index (Phi) is 79.2. The molecule has 0 heterocycles. The minimum atomic E-state index is -1.06. The van der Waals surface area contributed by atoms with Crippen LogP contribution in [0.25, 0.3) is 0 Å². The zero-order valence-corrected chi connectivity index (χ0v) is 66.8. The summed E-state index contributed by atoms with van der Waals surface area (Å²) in [5.41, 5.74) is 10.7. The van der Waals surface area contributed by atoms with Crippen molar-refractivity contribution in [1.82, 2.24) is 0 Å². The summed E-state index contributed by atoms with van der Waals surface area (Å²) in [6, 6.07) is 8.54. The summed E-state index contributed by atoms with van der Waals surface area (Å²) in [7, 11) is 0. The number of benzene rings is 1. The summed E-state index contributed by atoms with van der Waals surface area (Å²) in [4.78, 5) is 20.1. The molecule has 0 unspecified atom stereocenters. The average molecular weight is 1280 g/mol. The number of carboxylic acids is 2. The lowest BCUT2D eigenvalue weighted by atomic mass is 9.92. The molecule has 0 saturated carbocycles. The summed E-state index contributed by atoms with van der Waals surface area (Å²) in [6.07, 6.45) is 18.3. The monoisotopic (exact) mass is 1280 g/mol. The Morgan fingerprint density at radius 3 is 1.18 bits per heavy atom. The molecule has 534 valence electrons. The van der Waals surface area contributed by atoms with Crippen molar-refractivity contribution in [2.75, 3.05) is 6.61 Å². The van der Waals surface area contributed by atoms with Crippen LogP contribution in [0.2, 0.25) is 0 Å². The molecular formula is C84H156O7. The van der Waals surface area contributed by atoms with Crippen LogP contribution in [0, 0.1) is 77.9 Å². The average Bonchev–Trinajstić information content (AvgIpc) is 1.89. The molecule has 0 amide bonds. The normalized spacial score (nSPS) is 10.8. The number of rotatable bonds is 19. The Balaban J connectivity index is -0.000000100. The van der Waals surface area contributed by atoms with Crippen LogP contribution in [0.4, 0.5) is 0 Å². The molecule has 0 bridgehead atoms. The molecule has 0 atom stereocenters. The number of hydrogen-bond donors (Lipinski definition) is 2. The Hall–Kier alpha value is -4.66. The highest BCUT2D eigenvalue weighted by molar-refractivity contribution is 5.86. The van der Waals surface area contributed by atoms with Gasteiger partial charge in [-0.2, -0.15) is 0 Å². The van der Waals surface area contributed by atoms with Crippen LogP contribution < -0.4 is 0 Å². The van der Waals surface area contributed by atoms with Crippen molar-refractivity contribution in [2.45, 2.75) is 332 Å². The van der Waals surface area contributed by atoms with Crippen molar-refractivity contribution in [3.8, 4) is 23.7 Å². The maximum absolute atomic E-state index is 10.3. The van der Waals surface area contributed by atoms with Gasteiger partial charge in [0.1, 0.15) is 0 Å². The van der Waals surface area contributed by atoms with Crippen molar-refractivity contribution in [1.29, 1.82) is 0 Å². The smallest absolute Gasteiger partial charge is 0.381 e. The third-order valence-electron chi connectivity index (χ3n) is 12.3. The third-order valence-corrected chi connectivity index (χ3v) is 12.3. The van der Waals surface area contributed by atoms with Crippen LogP contribution in [0.3, 0.4) is 0 Å². The quantitative estimate of drug-likeness (QED) is 0.0808. The van der Waals surface area contributed by atoms with Crippen LogP contribution in [-0.2, 0) is 23.8 Å². The Labute approximate surface area is 570 Å². The van der Waals surface area contributed by atoms with Crippen molar-refractivity contribution in [2.24, 2.45) is 47.3 Å². The first kappa shape index (κ1) is 108.